The van der Waals surface area contributed by atoms with E-state index < -0.39 is 0 Å². The van der Waals surface area contributed by atoms with Gasteiger partial charge < -0.3 is 5.11 Å². The molecule has 0 radical (unpaired) electrons. The topological polar surface area (TPSA) is 20.2 Å². The minimum atomic E-state index is -0.0238. The van der Waals surface area contributed by atoms with Crippen LogP contribution in [0.25, 0.3) is 0 Å². The van der Waals surface area contributed by atoms with E-state index in [-0.39, 0.29) is 6.10 Å². The summed E-state index contributed by atoms with van der Waals surface area (Å²) in [5.74, 6) is 4.38. The van der Waals surface area contributed by atoms with Gasteiger partial charge in [0.2, 0.25) is 0 Å². The Morgan fingerprint density at radius 1 is 0.893 bits per heavy atom. The van der Waals surface area contributed by atoms with Gasteiger partial charge in [0.05, 0.1) is 6.10 Å². The zero-order valence-corrected chi connectivity index (χ0v) is 20.2. The zero-order valence-electron chi connectivity index (χ0n) is 18.4. The third-order valence-corrected chi connectivity index (χ3v) is 11.2. The van der Waals surface area contributed by atoms with Crippen molar-refractivity contribution in [3.05, 3.63) is 0 Å². The summed E-state index contributed by atoms with van der Waals surface area (Å²) in [5, 5.41) is 11.3. The second-order valence-electron chi connectivity index (χ2n) is 11.7. The van der Waals surface area contributed by atoms with Gasteiger partial charge >= 0.3 is 0 Å². The number of thiol groups is 2. The van der Waals surface area contributed by atoms with Gasteiger partial charge in [0.1, 0.15) is 0 Å². The molecule has 4 aliphatic rings. The maximum atomic E-state index is 10.2. The minimum Gasteiger partial charge on any atom is -0.393 e. The van der Waals surface area contributed by atoms with Crippen LogP contribution in [0.5, 0.6) is 0 Å². The Labute approximate surface area is 185 Å². The highest BCUT2D eigenvalue weighted by Crippen LogP contribution is 2.68. The standard InChI is InChI=1S/C25H44OS2/c1-16(27)5-4-6-23(28)22-10-9-20-19-8-7-17-15-18(26)11-13-24(17,2)21(19)12-14-25(20,22)3/h16-23,26-28H,4-15H2,1-3H3. The first-order chi connectivity index (χ1) is 13.3. The molecule has 1 N–H and O–H groups in total. The van der Waals surface area contributed by atoms with E-state index in [9.17, 15) is 5.11 Å². The van der Waals surface area contributed by atoms with E-state index in [4.69, 9.17) is 12.6 Å². The summed E-state index contributed by atoms with van der Waals surface area (Å²) in [7, 11) is 0. The molecule has 4 fully saturated rings. The Balaban J connectivity index is 1.46. The van der Waals surface area contributed by atoms with E-state index in [1.54, 1.807) is 0 Å². The van der Waals surface area contributed by atoms with Gasteiger partial charge in [0, 0.05) is 5.25 Å². The fraction of sp³-hybridized carbons (Fsp3) is 1.00. The lowest BCUT2D eigenvalue weighted by molar-refractivity contribution is -0.126. The summed E-state index contributed by atoms with van der Waals surface area (Å²) >= 11 is 9.73. The van der Waals surface area contributed by atoms with E-state index in [1.807, 2.05) is 0 Å². The Hall–Kier alpha value is 0.660. The van der Waals surface area contributed by atoms with Crippen LogP contribution in [0, 0.1) is 40.4 Å². The van der Waals surface area contributed by atoms with Crippen LogP contribution in [0.2, 0.25) is 0 Å². The average molecular weight is 425 g/mol. The van der Waals surface area contributed by atoms with Crippen molar-refractivity contribution >= 4 is 25.3 Å². The molecule has 0 aliphatic heterocycles. The van der Waals surface area contributed by atoms with Gasteiger partial charge in [-0.1, -0.05) is 27.2 Å². The maximum absolute atomic E-state index is 10.2. The van der Waals surface area contributed by atoms with Crippen molar-refractivity contribution in [1.29, 1.82) is 0 Å². The van der Waals surface area contributed by atoms with Crippen LogP contribution >= 0.6 is 25.3 Å². The summed E-state index contributed by atoms with van der Waals surface area (Å²) < 4.78 is 0. The minimum absolute atomic E-state index is 0.0238. The number of aliphatic hydroxyl groups is 1. The van der Waals surface area contributed by atoms with Crippen LogP contribution in [0.1, 0.15) is 97.8 Å². The molecule has 0 aromatic heterocycles. The third kappa shape index (κ3) is 3.72. The van der Waals surface area contributed by atoms with Crippen molar-refractivity contribution in [2.24, 2.45) is 40.4 Å². The normalized spacial score (nSPS) is 50.4. The van der Waals surface area contributed by atoms with E-state index in [2.05, 4.69) is 33.4 Å². The van der Waals surface area contributed by atoms with E-state index in [0.29, 0.717) is 21.3 Å². The fourth-order valence-electron chi connectivity index (χ4n) is 8.73. The van der Waals surface area contributed by atoms with E-state index in [0.717, 1.165) is 42.4 Å². The highest BCUT2D eigenvalue weighted by molar-refractivity contribution is 7.81. The molecule has 28 heavy (non-hydrogen) atoms. The highest BCUT2D eigenvalue weighted by atomic mass is 32.1. The molecule has 10 unspecified atom stereocenters. The summed E-state index contributed by atoms with van der Waals surface area (Å²) in [6.07, 6.45) is 15.7. The van der Waals surface area contributed by atoms with Crippen molar-refractivity contribution in [2.75, 3.05) is 0 Å². The molecule has 162 valence electrons. The largest absolute Gasteiger partial charge is 0.393 e. The molecule has 0 aromatic rings. The SMILES string of the molecule is CC(S)CCCC(S)C1CCC2C3CCC4CC(O)CCC4(C)C3CCC12C. The maximum Gasteiger partial charge on any atom is 0.0543 e. The predicted octanol–water partition coefficient (Wildman–Crippen LogP) is 6.79. The third-order valence-electron chi connectivity index (χ3n) is 10.3. The quantitative estimate of drug-likeness (QED) is 0.415. The lowest BCUT2D eigenvalue weighted by Crippen LogP contribution is -2.54. The summed E-state index contributed by atoms with van der Waals surface area (Å²) in [6.45, 7) is 7.47. The first kappa shape index (κ1) is 21.9. The molecule has 0 heterocycles. The van der Waals surface area contributed by atoms with Crippen LogP contribution in [0.15, 0.2) is 0 Å². The number of aliphatic hydroxyl groups excluding tert-OH is 1. The van der Waals surface area contributed by atoms with Crippen molar-refractivity contribution in [3.8, 4) is 0 Å². The van der Waals surface area contributed by atoms with Crippen LogP contribution in [0.4, 0.5) is 0 Å². The zero-order chi connectivity index (χ0) is 20.1. The van der Waals surface area contributed by atoms with Gasteiger partial charge in [0.15, 0.2) is 0 Å². The average Bonchev–Trinajstić information content (AvgIpc) is 2.99. The molecule has 4 saturated carbocycles. The monoisotopic (exact) mass is 424 g/mol. The van der Waals surface area contributed by atoms with Gasteiger partial charge in [-0.3, -0.25) is 0 Å². The van der Waals surface area contributed by atoms with Gasteiger partial charge in [-0.25, -0.2) is 0 Å². The van der Waals surface area contributed by atoms with E-state index in [1.165, 1.54) is 64.2 Å². The molecule has 1 nitrogen and oxygen atoms in total. The molecule has 4 rings (SSSR count). The first-order valence-electron chi connectivity index (χ1n) is 12.3. The number of rotatable bonds is 5. The molecule has 3 heteroatoms. The molecule has 4 aliphatic carbocycles. The number of fused-ring (bicyclic) bond motifs is 5. The molecular formula is C25H44OS2. The predicted molar refractivity (Wildman–Crippen MR) is 126 cm³/mol. The second-order valence-corrected chi connectivity index (χ2v) is 13.2. The molecular weight excluding hydrogens is 380 g/mol. The lowest BCUT2D eigenvalue weighted by atomic mass is 9.44. The first-order valence-corrected chi connectivity index (χ1v) is 13.3. The molecule has 0 saturated heterocycles. The van der Waals surface area contributed by atoms with Gasteiger partial charge in [-0.05, 0) is 116 Å². The highest BCUT2D eigenvalue weighted by Gasteiger charge is 2.60. The molecule has 0 spiro atoms. The summed E-state index contributed by atoms with van der Waals surface area (Å²) in [5.41, 5.74) is 1.03. The Kier molecular flexibility index (Phi) is 6.49. The Morgan fingerprint density at radius 3 is 2.36 bits per heavy atom. The summed E-state index contributed by atoms with van der Waals surface area (Å²) in [4.78, 5) is 0. The van der Waals surface area contributed by atoms with Gasteiger partial charge in [0.25, 0.3) is 0 Å². The molecule has 0 bridgehead atoms. The van der Waals surface area contributed by atoms with Gasteiger partial charge in [-0.15, -0.1) is 0 Å². The van der Waals surface area contributed by atoms with Crippen molar-refractivity contribution in [1.82, 2.24) is 0 Å². The van der Waals surface area contributed by atoms with Crippen molar-refractivity contribution in [2.45, 2.75) is 114 Å². The Morgan fingerprint density at radius 2 is 1.61 bits per heavy atom. The van der Waals surface area contributed by atoms with Gasteiger partial charge in [-0.2, -0.15) is 25.3 Å². The van der Waals surface area contributed by atoms with E-state index >= 15 is 0 Å². The number of hydrogen-bond acceptors (Lipinski definition) is 3. The van der Waals surface area contributed by atoms with Crippen molar-refractivity contribution < 1.29 is 5.11 Å². The van der Waals surface area contributed by atoms with Crippen LogP contribution in [0.3, 0.4) is 0 Å². The van der Waals surface area contributed by atoms with Crippen LogP contribution in [-0.2, 0) is 0 Å². The fourth-order valence-corrected chi connectivity index (χ4v) is 9.59. The smallest absolute Gasteiger partial charge is 0.0543 e. The Bertz CT molecular complexity index is 551. The number of hydrogen-bond donors (Lipinski definition) is 3. The van der Waals surface area contributed by atoms with Crippen LogP contribution < -0.4 is 0 Å². The molecule has 0 aromatic carbocycles. The molecule has 10 atom stereocenters. The molecule has 0 amide bonds. The van der Waals surface area contributed by atoms with Crippen molar-refractivity contribution in [3.63, 3.8) is 0 Å². The lowest BCUT2D eigenvalue weighted by Gasteiger charge is -2.61. The second kappa shape index (κ2) is 8.30. The van der Waals surface area contributed by atoms with Crippen LogP contribution in [-0.4, -0.2) is 21.7 Å². The summed E-state index contributed by atoms with van der Waals surface area (Å²) in [6, 6.07) is 0.